The van der Waals surface area contributed by atoms with Gasteiger partial charge in [0.1, 0.15) is 5.82 Å². The third-order valence-corrected chi connectivity index (χ3v) is 3.88. The van der Waals surface area contributed by atoms with Crippen LogP contribution in [0.5, 0.6) is 0 Å². The molecule has 0 radical (unpaired) electrons. The van der Waals surface area contributed by atoms with Crippen molar-refractivity contribution in [1.82, 2.24) is 4.90 Å². The van der Waals surface area contributed by atoms with E-state index in [4.69, 9.17) is 0 Å². The van der Waals surface area contributed by atoms with Crippen LogP contribution < -0.4 is 0 Å². The van der Waals surface area contributed by atoms with Crippen molar-refractivity contribution < 1.29 is 9.18 Å². The first-order valence-electron chi connectivity index (χ1n) is 6.26. The standard InChI is InChI=1S/C14H17BrFNO/c1-10-9-11(16)5-6-13(10)14(18)17(8-7-15)12-3-2-4-12/h5-6,9,12H,2-4,7-8H2,1H3. The molecule has 0 heterocycles. The molecule has 0 aliphatic heterocycles. The average Bonchev–Trinajstić information content (AvgIpc) is 2.25. The zero-order valence-electron chi connectivity index (χ0n) is 10.5. The Hall–Kier alpha value is -0.900. The van der Waals surface area contributed by atoms with Crippen LogP contribution in [0, 0.1) is 12.7 Å². The van der Waals surface area contributed by atoms with Crippen molar-refractivity contribution in [3.05, 3.63) is 35.1 Å². The number of carbonyl (C=O) groups excluding carboxylic acids is 1. The summed E-state index contributed by atoms with van der Waals surface area (Å²) in [6.45, 7) is 2.49. The van der Waals surface area contributed by atoms with E-state index in [2.05, 4.69) is 15.9 Å². The number of nitrogens with zero attached hydrogens (tertiary/aromatic N) is 1. The van der Waals surface area contributed by atoms with Gasteiger partial charge in [-0.1, -0.05) is 15.9 Å². The molecule has 1 amide bonds. The van der Waals surface area contributed by atoms with Gasteiger partial charge in [0.15, 0.2) is 0 Å². The Morgan fingerprint density at radius 1 is 1.50 bits per heavy atom. The van der Waals surface area contributed by atoms with Crippen LogP contribution in [-0.2, 0) is 0 Å². The molecule has 4 heteroatoms. The van der Waals surface area contributed by atoms with Gasteiger partial charge in [-0.25, -0.2) is 4.39 Å². The molecule has 0 saturated heterocycles. The number of hydrogen-bond acceptors (Lipinski definition) is 1. The molecule has 2 nitrogen and oxygen atoms in total. The molecule has 0 unspecified atom stereocenters. The fourth-order valence-electron chi connectivity index (χ4n) is 2.26. The van der Waals surface area contributed by atoms with E-state index < -0.39 is 0 Å². The SMILES string of the molecule is Cc1cc(F)ccc1C(=O)N(CCBr)C1CCC1. The maximum atomic E-state index is 13.1. The molecule has 0 bridgehead atoms. The maximum Gasteiger partial charge on any atom is 0.254 e. The number of benzene rings is 1. The number of hydrogen-bond donors (Lipinski definition) is 0. The van der Waals surface area contributed by atoms with E-state index in [1.54, 1.807) is 13.0 Å². The maximum absolute atomic E-state index is 13.1. The van der Waals surface area contributed by atoms with Gasteiger partial charge in [0.05, 0.1) is 0 Å². The summed E-state index contributed by atoms with van der Waals surface area (Å²) in [5, 5.41) is 0.773. The highest BCUT2D eigenvalue weighted by atomic mass is 79.9. The minimum Gasteiger partial charge on any atom is -0.335 e. The molecule has 1 aliphatic carbocycles. The normalized spacial score (nSPS) is 15.3. The number of carbonyl (C=O) groups is 1. The minimum absolute atomic E-state index is 0.0247. The quantitative estimate of drug-likeness (QED) is 0.779. The molecule has 98 valence electrons. The number of rotatable bonds is 4. The fraction of sp³-hybridized carbons (Fsp3) is 0.500. The molecular formula is C14H17BrFNO. The highest BCUT2D eigenvalue weighted by molar-refractivity contribution is 9.09. The van der Waals surface area contributed by atoms with Crippen molar-refractivity contribution in [3.63, 3.8) is 0 Å². The van der Waals surface area contributed by atoms with Gasteiger partial charge in [0.25, 0.3) is 5.91 Å². The summed E-state index contributed by atoms with van der Waals surface area (Å²) in [7, 11) is 0. The zero-order chi connectivity index (χ0) is 13.1. The van der Waals surface area contributed by atoms with E-state index in [0.29, 0.717) is 23.7 Å². The lowest BCUT2D eigenvalue weighted by atomic mass is 9.90. The lowest BCUT2D eigenvalue weighted by molar-refractivity contribution is 0.0599. The van der Waals surface area contributed by atoms with Crippen molar-refractivity contribution in [2.45, 2.75) is 32.2 Å². The van der Waals surface area contributed by atoms with Gasteiger partial charge in [-0.3, -0.25) is 4.79 Å². The topological polar surface area (TPSA) is 20.3 Å². The molecule has 0 spiro atoms. The summed E-state index contributed by atoms with van der Waals surface area (Å²) in [6.07, 6.45) is 3.36. The van der Waals surface area contributed by atoms with Crippen LogP contribution in [-0.4, -0.2) is 28.7 Å². The van der Waals surface area contributed by atoms with Gasteiger partial charge < -0.3 is 4.90 Å². The monoisotopic (exact) mass is 313 g/mol. The molecule has 2 rings (SSSR count). The Bertz CT molecular complexity index is 445. The Morgan fingerprint density at radius 3 is 2.72 bits per heavy atom. The van der Waals surface area contributed by atoms with E-state index in [0.717, 1.165) is 18.2 Å². The molecule has 18 heavy (non-hydrogen) atoms. The summed E-state index contributed by atoms with van der Waals surface area (Å²) in [5.74, 6) is -0.267. The average molecular weight is 314 g/mol. The second-order valence-electron chi connectivity index (χ2n) is 4.73. The largest absolute Gasteiger partial charge is 0.335 e. The molecular weight excluding hydrogens is 297 g/mol. The van der Waals surface area contributed by atoms with Crippen LogP contribution >= 0.6 is 15.9 Å². The van der Waals surface area contributed by atoms with Gasteiger partial charge in [-0.2, -0.15) is 0 Å². The molecule has 0 atom stereocenters. The number of aryl methyl sites for hydroxylation is 1. The lowest BCUT2D eigenvalue weighted by Gasteiger charge is -2.37. The molecule has 1 aliphatic rings. The molecule has 0 N–H and O–H groups in total. The second kappa shape index (κ2) is 5.83. The Balaban J connectivity index is 2.21. The summed E-state index contributed by atoms with van der Waals surface area (Å²) in [5.41, 5.74) is 1.32. The third-order valence-electron chi connectivity index (χ3n) is 3.52. The Labute approximate surface area is 115 Å². The summed E-state index contributed by atoms with van der Waals surface area (Å²) >= 11 is 3.39. The van der Waals surface area contributed by atoms with Crippen molar-refractivity contribution in [1.29, 1.82) is 0 Å². The van der Waals surface area contributed by atoms with Gasteiger partial charge in [-0.05, 0) is 49.9 Å². The molecule has 1 fully saturated rings. The zero-order valence-corrected chi connectivity index (χ0v) is 12.0. The predicted molar refractivity (Wildman–Crippen MR) is 73.6 cm³/mol. The number of halogens is 2. The molecule has 1 aromatic rings. The Morgan fingerprint density at radius 2 is 2.22 bits per heavy atom. The Kier molecular flexibility index (Phi) is 4.38. The first-order chi connectivity index (χ1) is 8.63. The van der Waals surface area contributed by atoms with Gasteiger partial charge in [-0.15, -0.1) is 0 Å². The van der Waals surface area contributed by atoms with Crippen molar-refractivity contribution >= 4 is 21.8 Å². The molecule has 0 aromatic heterocycles. The number of alkyl halides is 1. The first-order valence-corrected chi connectivity index (χ1v) is 7.38. The minimum atomic E-state index is -0.292. The molecule has 1 aromatic carbocycles. The van der Waals surface area contributed by atoms with Crippen LogP contribution in [0.1, 0.15) is 35.2 Å². The van der Waals surface area contributed by atoms with Crippen molar-refractivity contribution in [2.24, 2.45) is 0 Å². The van der Waals surface area contributed by atoms with E-state index in [-0.39, 0.29) is 11.7 Å². The van der Waals surface area contributed by atoms with Crippen LogP contribution in [0.3, 0.4) is 0 Å². The predicted octanol–water partition coefficient (Wildman–Crippen LogP) is 3.52. The van der Waals surface area contributed by atoms with E-state index in [9.17, 15) is 9.18 Å². The second-order valence-corrected chi connectivity index (χ2v) is 5.52. The van der Waals surface area contributed by atoms with E-state index >= 15 is 0 Å². The number of amides is 1. The van der Waals surface area contributed by atoms with Crippen molar-refractivity contribution in [3.8, 4) is 0 Å². The van der Waals surface area contributed by atoms with Gasteiger partial charge in [0, 0.05) is 23.5 Å². The van der Waals surface area contributed by atoms with E-state index in [1.165, 1.54) is 18.6 Å². The molecule has 1 saturated carbocycles. The summed E-state index contributed by atoms with van der Waals surface area (Å²) in [4.78, 5) is 14.4. The van der Waals surface area contributed by atoms with Crippen molar-refractivity contribution in [2.75, 3.05) is 11.9 Å². The van der Waals surface area contributed by atoms with Crippen LogP contribution in [0.15, 0.2) is 18.2 Å². The van der Waals surface area contributed by atoms with Crippen LogP contribution in [0.25, 0.3) is 0 Å². The van der Waals surface area contributed by atoms with Gasteiger partial charge in [0.2, 0.25) is 0 Å². The van der Waals surface area contributed by atoms with E-state index in [1.807, 2.05) is 4.90 Å². The van der Waals surface area contributed by atoms with Crippen LogP contribution in [0.2, 0.25) is 0 Å². The summed E-state index contributed by atoms with van der Waals surface area (Å²) in [6, 6.07) is 4.72. The summed E-state index contributed by atoms with van der Waals surface area (Å²) < 4.78 is 13.1. The van der Waals surface area contributed by atoms with Crippen LogP contribution in [0.4, 0.5) is 4.39 Å². The smallest absolute Gasteiger partial charge is 0.254 e. The van der Waals surface area contributed by atoms with Gasteiger partial charge >= 0.3 is 0 Å². The third kappa shape index (κ3) is 2.74. The first kappa shape index (κ1) is 13.5. The highest BCUT2D eigenvalue weighted by Gasteiger charge is 2.29. The lowest BCUT2D eigenvalue weighted by Crippen LogP contribution is -2.45. The fourth-order valence-corrected chi connectivity index (χ4v) is 2.64. The highest BCUT2D eigenvalue weighted by Crippen LogP contribution is 2.27.